The molecule has 2 heterocycles. The molecule has 5 nitrogen and oxygen atoms in total. The predicted molar refractivity (Wildman–Crippen MR) is 90.5 cm³/mol. The van der Waals surface area contributed by atoms with E-state index in [1.165, 1.54) is 24.2 Å². The molecular formula is C18H22N4O. The van der Waals surface area contributed by atoms with Gasteiger partial charge < -0.3 is 15.7 Å². The van der Waals surface area contributed by atoms with Crippen LogP contribution in [-0.2, 0) is 0 Å². The molecule has 120 valence electrons. The van der Waals surface area contributed by atoms with Crippen LogP contribution in [-0.4, -0.2) is 34.2 Å². The summed E-state index contributed by atoms with van der Waals surface area (Å²) in [5.74, 6) is 1.57. The number of nitrogens with zero attached hydrogens (tertiary/aromatic N) is 3. The SMILES string of the molecule is NC1CCN(c2cnc(-c3ccc(O)cc3)nc2C2CC2)CC1. The largest absolute Gasteiger partial charge is 0.508 e. The summed E-state index contributed by atoms with van der Waals surface area (Å²) < 4.78 is 0. The molecule has 23 heavy (non-hydrogen) atoms. The number of rotatable bonds is 3. The molecule has 0 spiro atoms. The Balaban J connectivity index is 1.67. The van der Waals surface area contributed by atoms with Crippen molar-refractivity contribution >= 4 is 5.69 Å². The maximum atomic E-state index is 9.43. The third-order valence-corrected chi connectivity index (χ3v) is 4.77. The lowest BCUT2D eigenvalue weighted by molar-refractivity contribution is 0.475. The molecule has 3 N–H and O–H groups in total. The van der Waals surface area contributed by atoms with Crippen LogP contribution in [0.4, 0.5) is 5.69 Å². The number of piperidine rings is 1. The Bertz CT molecular complexity index is 689. The van der Waals surface area contributed by atoms with Crippen LogP contribution in [0.15, 0.2) is 30.5 Å². The minimum Gasteiger partial charge on any atom is -0.508 e. The highest BCUT2D eigenvalue weighted by Gasteiger charge is 2.31. The fourth-order valence-corrected chi connectivity index (χ4v) is 3.18. The Morgan fingerprint density at radius 3 is 2.39 bits per heavy atom. The number of hydrogen-bond acceptors (Lipinski definition) is 5. The number of nitrogens with two attached hydrogens (primary N) is 1. The maximum absolute atomic E-state index is 9.43. The van der Waals surface area contributed by atoms with E-state index in [4.69, 9.17) is 10.7 Å². The minimum absolute atomic E-state index is 0.262. The average Bonchev–Trinajstić information content (AvgIpc) is 3.41. The molecule has 0 atom stereocenters. The molecule has 1 aromatic carbocycles. The molecule has 2 fully saturated rings. The molecule has 2 aromatic rings. The van der Waals surface area contributed by atoms with Gasteiger partial charge in [-0.3, -0.25) is 0 Å². The first-order chi connectivity index (χ1) is 11.2. The Labute approximate surface area is 136 Å². The first kappa shape index (κ1) is 14.5. The monoisotopic (exact) mass is 310 g/mol. The van der Waals surface area contributed by atoms with Gasteiger partial charge in [0.05, 0.1) is 17.6 Å². The lowest BCUT2D eigenvalue weighted by atomic mass is 10.0. The number of aromatic nitrogens is 2. The van der Waals surface area contributed by atoms with E-state index in [1.807, 2.05) is 18.3 Å². The Hall–Kier alpha value is -2.14. The zero-order chi connectivity index (χ0) is 15.8. The number of anilines is 1. The molecule has 1 aliphatic heterocycles. The van der Waals surface area contributed by atoms with Gasteiger partial charge in [-0.25, -0.2) is 9.97 Å². The van der Waals surface area contributed by atoms with Gasteiger partial charge in [-0.2, -0.15) is 0 Å². The summed E-state index contributed by atoms with van der Waals surface area (Å²) >= 11 is 0. The molecular weight excluding hydrogens is 288 g/mol. The van der Waals surface area contributed by atoms with E-state index in [2.05, 4.69) is 9.88 Å². The van der Waals surface area contributed by atoms with Crippen molar-refractivity contribution in [3.63, 3.8) is 0 Å². The molecule has 1 aromatic heterocycles. The second kappa shape index (κ2) is 5.81. The van der Waals surface area contributed by atoms with Gasteiger partial charge in [-0.15, -0.1) is 0 Å². The molecule has 1 saturated carbocycles. The van der Waals surface area contributed by atoms with Crippen molar-refractivity contribution in [2.24, 2.45) is 5.73 Å². The minimum atomic E-state index is 0.262. The molecule has 0 bridgehead atoms. The van der Waals surface area contributed by atoms with E-state index in [0.29, 0.717) is 12.0 Å². The highest BCUT2D eigenvalue weighted by Crippen LogP contribution is 2.44. The third kappa shape index (κ3) is 3.01. The average molecular weight is 310 g/mol. The number of aromatic hydroxyl groups is 1. The summed E-state index contributed by atoms with van der Waals surface area (Å²) in [4.78, 5) is 11.8. The smallest absolute Gasteiger partial charge is 0.159 e. The summed E-state index contributed by atoms with van der Waals surface area (Å²) in [7, 11) is 0. The quantitative estimate of drug-likeness (QED) is 0.911. The first-order valence-electron chi connectivity index (χ1n) is 8.37. The van der Waals surface area contributed by atoms with Crippen LogP contribution in [0.3, 0.4) is 0 Å². The van der Waals surface area contributed by atoms with Crippen molar-refractivity contribution < 1.29 is 5.11 Å². The second-order valence-corrected chi connectivity index (χ2v) is 6.61. The fourth-order valence-electron chi connectivity index (χ4n) is 3.18. The lowest BCUT2D eigenvalue weighted by Gasteiger charge is -2.32. The van der Waals surface area contributed by atoms with E-state index in [0.717, 1.165) is 37.3 Å². The van der Waals surface area contributed by atoms with Gasteiger partial charge in [0.15, 0.2) is 5.82 Å². The van der Waals surface area contributed by atoms with Crippen molar-refractivity contribution in [1.29, 1.82) is 0 Å². The Morgan fingerprint density at radius 1 is 1.04 bits per heavy atom. The van der Waals surface area contributed by atoms with Crippen LogP contribution in [0.5, 0.6) is 5.75 Å². The normalized spacial score (nSPS) is 19.1. The van der Waals surface area contributed by atoms with Gasteiger partial charge in [-0.05, 0) is 49.9 Å². The summed E-state index contributed by atoms with van der Waals surface area (Å²) in [5.41, 5.74) is 9.32. The van der Waals surface area contributed by atoms with Crippen LogP contribution in [0.25, 0.3) is 11.4 Å². The van der Waals surface area contributed by atoms with Gasteiger partial charge >= 0.3 is 0 Å². The fraction of sp³-hybridized carbons (Fsp3) is 0.444. The zero-order valence-corrected chi connectivity index (χ0v) is 13.2. The Morgan fingerprint density at radius 2 is 1.74 bits per heavy atom. The van der Waals surface area contributed by atoms with E-state index in [9.17, 15) is 5.11 Å². The van der Waals surface area contributed by atoms with Crippen LogP contribution in [0.2, 0.25) is 0 Å². The van der Waals surface area contributed by atoms with Crippen LogP contribution in [0.1, 0.15) is 37.3 Å². The molecule has 0 radical (unpaired) electrons. The first-order valence-corrected chi connectivity index (χ1v) is 8.37. The van der Waals surface area contributed by atoms with Crippen molar-refractivity contribution in [3.8, 4) is 17.1 Å². The second-order valence-electron chi connectivity index (χ2n) is 6.61. The number of phenolic OH excluding ortho intramolecular Hbond substituents is 1. The standard InChI is InChI=1S/C18H22N4O/c19-14-7-9-22(10-8-14)16-11-20-18(21-17(16)12-1-2-12)13-3-5-15(23)6-4-13/h3-6,11-12,14,23H,1-2,7-10,19H2. The number of hydrogen-bond donors (Lipinski definition) is 2. The molecule has 4 rings (SSSR count). The van der Waals surface area contributed by atoms with Gasteiger partial charge in [-0.1, -0.05) is 0 Å². The van der Waals surface area contributed by atoms with Crippen molar-refractivity contribution in [3.05, 3.63) is 36.2 Å². The molecule has 0 unspecified atom stereocenters. The third-order valence-electron chi connectivity index (χ3n) is 4.77. The molecule has 5 heteroatoms. The zero-order valence-electron chi connectivity index (χ0n) is 13.2. The van der Waals surface area contributed by atoms with Gasteiger partial charge in [0, 0.05) is 30.6 Å². The van der Waals surface area contributed by atoms with Gasteiger partial charge in [0.1, 0.15) is 5.75 Å². The van der Waals surface area contributed by atoms with Crippen LogP contribution < -0.4 is 10.6 Å². The van der Waals surface area contributed by atoms with E-state index < -0.39 is 0 Å². The highest BCUT2D eigenvalue weighted by molar-refractivity contribution is 5.60. The molecule has 2 aliphatic rings. The van der Waals surface area contributed by atoms with Gasteiger partial charge in [0.25, 0.3) is 0 Å². The van der Waals surface area contributed by atoms with Crippen LogP contribution >= 0.6 is 0 Å². The molecule has 0 amide bonds. The Kier molecular flexibility index (Phi) is 3.65. The lowest BCUT2D eigenvalue weighted by Crippen LogP contribution is -2.40. The summed E-state index contributed by atoms with van der Waals surface area (Å²) in [6, 6.07) is 7.40. The topological polar surface area (TPSA) is 75.3 Å². The summed E-state index contributed by atoms with van der Waals surface area (Å²) in [5, 5.41) is 9.43. The van der Waals surface area contributed by atoms with E-state index in [1.54, 1.807) is 12.1 Å². The summed E-state index contributed by atoms with van der Waals surface area (Å²) in [6.07, 6.45) is 6.46. The molecule has 1 aliphatic carbocycles. The van der Waals surface area contributed by atoms with Crippen molar-refractivity contribution in [2.45, 2.75) is 37.6 Å². The van der Waals surface area contributed by atoms with Crippen LogP contribution in [0, 0.1) is 0 Å². The predicted octanol–water partition coefficient (Wildman–Crippen LogP) is 2.65. The molecule has 1 saturated heterocycles. The van der Waals surface area contributed by atoms with Gasteiger partial charge in [0.2, 0.25) is 0 Å². The van der Waals surface area contributed by atoms with E-state index in [-0.39, 0.29) is 5.75 Å². The summed E-state index contributed by atoms with van der Waals surface area (Å²) in [6.45, 7) is 1.98. The van der Waals surface area contributed by atoms with Crippen molar-refractivity contribution in [2.75, 3.05) is 18.0 Å². The number of benzene rings is 1. The van der Waals surface area contributed by atoms with Crippen molar-refractivity contribution in [1.82, 2.24) is 9.97 Å². The maximum Gasteiger partial charge on any atom is 0.159 e. The number of phenols is 1. The highest BCUT2D eigenvalue weighted by atomic mass is 16.3. The van der Waals surface area contributed by atoms with E-state index >= 15 is 0 Å².